The van der Waals surface area contributed by atoms with Crippen molar-refractivity contribution in [1.82, 2.24) is 15.5 Å². The van der Waals surface area contributed by atoms with Gasteiger partial charge in [0.15, 0.2) is 0 Å². The van der Waals surface area contributed by atoms with Gasteiger partial charge in [0.25, 0.3) is 11.6 Å². The number of ether oxygens (including phenoxy) is 1. The molecule has 0 aliphatic carbocycles. The Bertz CT molecular complexity index is 934. The Labute approximate surface area is 185 Å². The molecule has 3 amide bonds. The number of carboxylic acid groups (broad SMARTS) is 2. The first-order chi connectivity index (χ1) is 14.5. The minimum absolute atomic E-state index is 0.322. The van der Waals surface area contributed by atoms with Crippen LogP contribution in [-0.2, 0) is 28.7 Å². The number of amides is 3. The van der Waals surface area contributed by atoms with Crippen molar-refractivity contribution in [1.29, 1.82) is 0 Å². The Morgan fingerprint density at radius 3 is 2.45 bits per heavy atom. The summed E-state index contributed by atoms with van der Waals surface area (Å²) in [7, 11) is 1.21. The van der Waals surface area contributed by atoms with E-state index in [4.69, 9.17) is 9.84 Å². The van der Waals surface area contributed by atoms with Crippen molar-refractivity contribution in [3.05, 3.63) is 22.4 Å². The third-order valence-electron chi connectivity index (χ3n) is 5.18. The maximum atomic E-state index is 13.1. The lowest BCUT2D eigenvalue weighted by molar-refractivity contribution is -0.201. The van der Waals surface area contributed by atoms with Gasteiger partial charge in [-0.25, -0.2) is 4.79 Å². The number of fused-ring (bicyclic) bond motifs is 1. The molecular formula is C18H21N3O8S2. The summed E-state index contributed by atoms with van der Waals surface area (Å²) in [6, 6.07) is 0.430. The summed E-state index contributed by atoms with van der Waals surface area (Å²) in [5, 5.41) is 25.4. The van der Waals surface area contributed by atoms with E-state index in [1.807, 2.05) is 0 Å². The van der Waals surface area contributed by atoms with Gasteiger partial charge in [0.05, 0.1) is 0 Å². The summed E-state index contributed by atoms with van der Waals surface area (Å²) in [5.74, 6) is -6.32. The number of rotatable bonds is 8. The molecule has 2 aliphatic heterocycles. The number of aliphatic carboxylic acids is 2. The number of hydrogen-bond donors (Lipinski definition) is 4. The predicted molar refractivity (Wildman–Crippen MR) is 109 cm³/mol. The van der Waals surface area contributed by atoms with Gasteiger partial charge in [0, 0.05) is 11.9 Å². The third-order valence-corrected chi connectivity index (χ3v) is 7.50. The average Bonchev–Trinajstić information content (AvgIpc) is 3.29. The maximum Gasteiger partial charge on any atom is 0.327 e. The van der Waals surface area contributed by atoms with E-state index in [1.54, 1.807) is 24.6 Å². The van der Waals surface area contributed by atoms with Crippen LogP contribution in [0.25, 0.3) is 0 Å². The lowest BCUT2D eigenvalue weighted by atomic mass is 9.92. The van der Waals surface area contributed by atoms with Gasteiger partial charge in [-0.3, -0.25) is 19.2 Å². The highest BCUT2D eigenvalue weighted by Gasteiger charge is 2.73. The minimum atomic E-state index is -1.84. The number of thiophene rings is 1. The summed E-state index contributed by atoms with van der Waals surface area (Å²) in [5.41, 5.74) is -1.52. The molecule has 1 unspecified atom stereocenters. The van der Waals surface area contributed by atoms with E-state index in [0.717, 1.165) is 4.90 Å². The average molecular weight is 472 g/mol. The zero-order chi connectivity index (χ0) is 23.1. The number of methoxy groups -OCH3 is 1. The molecule has 13 heteroatoms. The smallest absolute Gasteiger partial charge is 0.327 e. The second kappa shape index (κ2) is 8.13. The van der Waals surface area contributed by atoms with Gasteiger partial charge in [-0.1, -0.05) is 0 Å². The van der Waals surface area contributed by atoms with Crippen LogP contribution in [0.3, 0.4) is 0 Å². The highest BCUT2D eigenvalue weighted by atomic mass is 32.2. The van der Waals surface area contributed by atoms with Gasteiger partial charge in [-0.15, -0.1) is 11.8 Å². The molecule has 2 fully saturated rings. The molecule has 0 bridgehead atoms. The van der Waals surface area contributed by atoms with Crippen LogP contribution in [0.15, 0.2) is 16.8 Å². The molecule has 4 N–H and O–H groups in total. The number of nitrogens with zero attached hydrogens (tertiary/aromatic N) is 1. The van der Waals surface area contributed by atoms with Crippen LogP contribution in [0.2, 0.25) is 0 Å². The molecule has 1 aromatic heterocycles. The zero-order valence-corrected chi connectivity index (χ0v) is 18.4. The van der Waals surface area contributed by atoms with Crippen molar-refractivity contribution in [2.75, 3.05) is 13.7 Å². The van der Waals surface area contributed by atoms with Crippen LogP contribution in [0.4, 0.5) is 0 Å². The van der Waals surface area contributed by atoms with E-state index < -0.39 is 64.0 Å². The van der Waals surface area contributed by atoms with Gasteiger partial charge in [0.1, 0.15) is 23.9 Å². The van der Waals surface area contributed by atoms with Crippen LogP contribution in [0, 0.1) is 0 Å². The Kier molecular flexibility index (Phi) is 6.04. The summed E-state index contributed by atoms with van der Waals surface area (Å²) in [6.07, 6.45) is 0. The zero-order valence-electron chi connectivity index (χ0n) is 16.8. The van der Waals surface area contributed by atoms with Crippen LogP contribution in [0.5, 0.6) is 0 Å². The molecule has 11 nitrogen and oxygen atoms in total. The number of thioether (sulfide) groups is 1. The molecule has 1 aromatic rings. The Hall–Kier alpha value is -2.64. The molecule has 0 saturated carbocycles. The predicted octanol–water partition coefficient (Wildman–Crippen LogP) is -0.362. The molecule has 3 rings (SSSR count). The summed E-state index contributed by atoms with van der Waals surface area (Å²) in [4.78, 5) is 62.3. The van der Waals surface area contributed by atoms with E-state index >= 15 is 0 Å². The second-order valence-electron chi connectivity index (χ2n) is 7.56. The van der Waals surface area contributed by atoms with E-state index in [9.17, 15) is 29.1 Å². The second-order valence-corrected chi connectivity index (χ2v) is 10.1. The van der Waals surface area contributed by atoms with Crippen LogP contribution < -0.4 is 10.6 Å². The van der Waals surface area contributed by atoms with E-state index in [0.29, 0.717) is 5.56 Å². The van der Waals surface area contributed by atoms with Gasteiger partial charge < -0.3 is 30.5 Å². The summed E-state index contributed by atoms with van der Waals surface area (Å²) >= 11 is 2.41. The Balaban J connectivity index is 1.87. The highest BCUT2D eigenvalue weighted by Crippen LogP contribution is 2.55. The number of nitrogens with one attached hydrogen (secondary N) is 2. The third kappa shape index (κ3) is 3.77. The number of carbonyl (C=O) groups excluding carboxylic acids is 3. The van der Waals surface area contributed by atoms with Crippen molar-refractivity contribution in [3.63, 3.8) is 0 Å². The number of carbonyl (C=O) groups is 5. The Morgan fingerprint density at radius 2 is 1.94 bits per heavy atom. The molecule has 2 aliphatic rings. The van der Waals surface area contributed by atoms with E-state index in [-0.39, 0.29) is 0 Å². The van der Waals surface area contributed by atoms with Crippen molar-refractivity contribution in [2.45, 2.75) is 41.7 Å². The molecule has 168 valence electrons. The van der Waals surface area contributed by atoms with Crippen LogP contribution in [-0.4, -0.2) is 80.3 Å². The minimum Gasteiger partial charge on any atom is -0.480 e. The van der Waals surface area contributed by atoms with Gasteiger partial charge in [-0.2, -0.15) is 11.3 Å². The van der Waals surface area contributed by atoms with Gasteiger partial charge >= 0.3 is 11.9 Å². The molecule has 3 heterocycles. The normalized spacial score (nSPS) is 27.1. The first kappa shape index (κ1) is 23.0. The molecule has 0 spiro atoms. The van der Waals surface area contributed by atoms with Gasteiger partial charge in [0.2, 0.25) is 11.8 Å². The molecule has 4 atom stereocenters. The lowest BCUT2D eigenvalue weighted by Gasteiger charge is -2.51. The van der Waals surface area contributed by atoms with E-state index in [2.05, 4.69) is 10.6 Å². The molecule has 0 radical (unpaired) electrons. The fourth-order valence-corrected chi connectivity index (χ4v) is 6.12. The largest absolute Gasteiger partial charge is 0.480 e. The molecule has 31 heavy (non-hydrogen) atoms. The summed E-state index contributed by atoms with van der Waals surface area (Å²) < 4.78 is 4.53. The fraction of sp³-hybridized carbons (Fsp3) is 0.500. The fourth-order valence-electron chi connectivity index (χ4n) is 3.76. The van der Waals surface area contributed by atoms with Crippen molar-refractivity contribution >= 4 is 52.8 Å². The highest BCUT2D eigenvalue weighted by molar-refractivity contribution is 8.01. The SMILES string of the molecule is CO[C@@]1(NC(=O)C(C(=O)NCC(=O)O)c2ccsc2)C(=O)N2[C@@H](C(=O)O)C(C)(C)S[C@@H]21. The first-order valence-corrected chi connectivity index (χ1v) is 10.9. The number of hydrogen-bond acceptors (Lipinski definition) is 8. The van der Waals surface area contributed by atoms with Crippen molar-refractivity contribution in [3.8, 4) is 0 Å². The monoisotopic (exact) mass is 471 g/mol. The molecular weight excluding hydrogens is 450 g/mol. The van der Waals surface area contributed by atoms with Gasteiger partial charge in [-0.05, 0) is 36.2 Å². The molecule has 2 saturated heterocycles. The van der Waals surface area contributed by atoms with Crippen molar-refractivity contribution < 1.29 is 38.9 Å². The lowest BCUT2D eigenvalue weighted by Crippen LogP contribution is -2.80. The quantitative estimate of drug-likeness (QED) is 0.225. The first-order valence-electron chi connectivity index (χ1n) is 9.08. The summed E-state index contributed by atoms with van der Waals surface area (Å²) in [6.45, 7) is 2.68. The number of carboxylic acids is 2. The van der Waals surface area contributed by atoms with Crippen molar-refractivity contribution in [2.24, 2.45) is 0 Å². The standard InChI is InChI=1S/C18H21N3O8S2/c1-17(2)11(14(26)27)21-15(28)18(29-3,16(21)31-17)20-13(25)10(8-4-5-30-7-8)12(24)19-6-9(22)23/h4-5,7,10-11,16H,6H2,1-3H3,(H,19,24)(H,20,25)(H,22,23)(H,26,27)/t10?,11-,16+,18-/m0/s1. The van der Waals surface area contributed by atoms with E-state index in [1.165, 1.54) is 36.3 Å². The maximum absolute atomic E-state index is 13.1. The topological polar surface area (TPSA) is 162 Å². The van der Waals surface area contributed by atoms with Crippen LogP contribution >= 0.6 is 23.1 Å². The van der Waals surface area contributed by atoms with Crippen LogP contribution in [0.1, 0.15) is 25.3 Å². The number of β-lactam (4-membered cyclic amide) rings is 1. The molecule has 0 aromatic carbocycles. The Morgan fingerprint density at radius 1 is 1.26 bits per heavy atom.